The molecule has 0 bridgehead atoms. The van der Waals surface area contributed by atoms with Crippen LogP contribution >= 0.6 is 11.6 Å². The predicted octanol–water partition coefficient (Wildman–Crippen LogP) is 2.02. The number of ether oxygens (including phenoxy) is 1. The maximum atomic E-state index is 12.2. The van der Waals surface area contributed by atoms with Gasteiger partial charge in [0.2, 0.25) is 10.0 Å². The van der Waals surface area contributed by atoms with Crippen molar-refractivity contribution in [1.82, 2.24) is 4.72 Å². The number of sulfonamides is 1. The summed E-state index contributed by atoms with van der Waals surface area (Å²) in [5, 5.41) is 0.111. The Balaban J connectivity index is 2.96. The van der Waals surface area contributed by atoms with Gasteiger partial charge in [-0.1, -0.05) is 24.9 Å². The first-order chi connectivity index (χ1) is 8.90. The fourth-order valence-corrected chi connectivity index (χ4v) is 3.55. The lowest BCUT2D eigenvalue weighted by Gasteiger charge is -2.17. The third kappa shape index (κ3) is 4.65. The summed E-state index contributed by atoms with van der Waals surface area (Å²) >= 11 is 5.92. The standard InChI is InChI=1S/C12H19ClN2O3S/c1-3-4-10(8-18-2)15-19(16,17)12-6-5-9(14)7-11(12)13/h5-7,10,15H,3-4,8,14H2,1-2H3. The van der Waals surface area contributed by atoms with E-state index in [9.17, 15) is 8.42 Å². The number of benzene rings is 1. The van der Waals surface area contributed by atoms with Crippen LogP contribution in [0.25, 0.3) is 0 Å². The Kier molecular flexibility index (Phi) is 6.06. The van der Waals surface area contributed by atoms with Gasteiger partial charge in [-0.3, -0.25) is 0 Å². The van der Waals surface area contributed by atoms with E-state index in [1.54, 1.807) is 0 Å². The summed E-state index contributed by atoms with van der Waals surface area (Å²) in [6.07, 6.45) is 1.55. The lowest BCUT2D eigenvalue weighted by atomic mass is 10.2. The van der Waals surface area contributed by atoms with Crippen molar-refractivity contribution in [2.45, 2.75) is 30.7 Å². The molecule has 108 valence electrons. The van der Waals surface area contributed by atoms with Gasteiger partial charge < -0.3 is 10.5 Å². The normalized spacial score (nSPS) is 13.4. The summed E-state index contributed by atoms with van der Waals surface area (Å²) in [5.41, 5.74) is 5.97. The van der Waals surface area contributed by atoms with E-state index in [1.165, 1.54) is 25.3 Å². The second kappa shape index (κ2) is 7.09. The largest absolute Gasteiger partial charge is 0.399 e. The monoisotopic (exact) mass is 306 g/mol. The number of nitrogen functional groups attached to an aromatic ring is 1. The highest BCUT2D eigenvalue weighted by Crippen LogP contribution is 2.24. The van der Waals surface area contributed by atoms with E-state index in [2.05, 4.69) is 4.72 Å². The number of anilines is 1. The molecule has 1 aromatic carbocycles. The molecule has 7 heteroatoms. The molecule has 0 amide bonds. The van der Waals surface area contributed by atoms with Crippen LogP contribution in [-0.4, -0.2) is 28.2 Å². The topological polar surface area (TPSA) is 81.4 Å². The average molecular weight is 307 g/mol. The quantitative estimate of drug-likeness (QED) is 0.755. The van der Waals surface area contributed by atoms with Crippen molar-refractivity contribution in [3.05, 3.63) is 23.2 Å². The Hall–Kier alpha value is -0.820. The first-order valence-corrected chi connectivity index (χ1v) is 7.83. The summed E-state index contributed by atoms with van der Waals surface area (Å²) in [6, 6.07) is 4.05. The minimum absolute atomic E-state index is 0.0283. The average Bonchev–Trinajstić information content (AvgIpc) is 2.28. The van der Waals surface area contributed by atoms with Crippen LogP contribution in [0, 0.1) is 0 Å². The van der Waals surface area contributed by atoms with Crippen LogP contribution in [0.2, 0.25) is 5.02 Å². The second-order valence-electron chi connectivity index (χ2n) is 4.25. The maximum Gasteiger partial charge on any atom is 0.242 e. The highest BCUT2D eigenvalue weighted by Gasteiger charge is 2.22. The minimum atomic E-state index is -3.67. The van der Waals surface area contributed by atoms with E-state index < -0.39 is 10.0 Å². The molecule has 1 aromatic rings. The molecule has 0 spiro atoms. The Morgan fingerprint density at radius 3 is 2.68 bits per heavy atom. The molecule has 1 unspecified atom stereocenters. The van der Waals surface area contributed by atoms with E-state index in [1.807, 2.05) is 6.92 Å². The van der Waals surface area contributed by atoms with E-state index in [-0.39, 0.29) is 16.0 Å². The van der Waals surface area contributed by atoms with Crippen LogP contribution in [0.15, 0.2) is 23.1 Å². The van der Waals surface area contributed by atoms with E-state index in [0.717, 1.165) is 6.42 Å². The third-order valence-electron chi connectivity index (χ3n) is 2.57. The molecule has 19 heavy (non-hydrogen) atoms. The molecule has 5 nitrogen and oxygen atoms in total. The molecule has 0 aromatic heterocycles. The molecule has 1 atom stereocenters. The van der Waals surface area contributed by atoms with Gasteiger partial charge in [0, 0.05) is 18.8 Å². The molecule has 3 N–H and O–H groups in total. The number of hydrogen-bond donors (Lipinski definition) is 2. The zero-order valence-corrected chi connectivity index (χ0v) is 12.6. The van der Waals surface area contributed by atoms with Crippen molar-refractivity contribution in [3.8, 4) is 0 Å². The summed E-state index contributed by atoms with van der Waals surface area (Å²) in [7, 11) is -2.13. The number of methoxy groups -OCH3 is 1. The zero-order valence-electron chi connectivity index (χ0n) is 11.0. The number of rotatable bonds is 7. The summed E-state index contributed by atoms with van der Waals surface area (Å²) in [5.74, 6) is 0. The van der Waals surface area contributed by atoms with Crippen molar-refractivity contribution in [2.24, 2.45) is 0 Å². The Morgan fingerprint density at radius 2 is 2.16 bits per heavy atom. The first-order valence-electron chi connectivity index (χ1n) is 5.97. The smallest absolute Gasteiger partial charge is 0.242 e. The van der Waals surface area contributed by atoms with Gasteiger partial charge in [-0.25, -0.2) is 13.1 Å². The van der Waals surface area contributed by atoms with E-state index in [0.29, 0.717) is 18.7 Å². The van der Waals surface area contributed by atoms with Gasteiger partial charge in [0.1, 0.15) is 4.90 Å². The fourth-order valence-electron chi connectivity index (χ4n) is 1.74. The number of halogens is 1. The van der Waals surface area contributed by atoms with Gasteiger partial charge in [-0.2, -0.15) is 0 Å². The first kappa shape index (κ1) is 16.2. The molecular formula is C12H19ClN2O3S. The molecule has 0 saturated carbocycles. The summed E-state index contributed by atoms with van der Waals surface area (Å²) in [4.78, 5) is 0.0283. The van der Waals surface area contributed by atoms with Crippen molar-refractivity contribution in [1.29, 1.82) is 0 Å². The molecule has 0 aliphatic rings. The van der Waals surface area contributed by atoms with Crippen LogP contribution < -0.4 is 10.5 Å². The third-order valence-corrected chi connectivity index (χ3v) is 4.58. The van der Waals surface area contributed by atoms with Gasteiger partial charge in [-0.05, 0) is 24.6 Å². The van der Waals surface area contributed by atoms with Crippen molar-refractivity contribution < 1.29 is 13.2 Å². The maximum absolute atomic E-state index is 12.2. The van der Waals surface area contributed by atoms with E-state index >= 15 is 0 Å². The zero-order chi connectivity index (χ0) is 14.5. The Bertz CT molecular complexity index is 514. The van der Waals surface area contributed by atoms with Gasteiger partial charge >= 0.3 is 0 Å². The molecule has 0 radical (unpaired) electrons. The van der Waals surface area contributed by atoms with Crippen LogP contribution in [0.3, 0.4) is 0 Å². The molecule has 0 fully saturated rings. The summed E-state index contributed by atoms with van der Waals surface area (Å²) in [6.45, 7) is 2.30. The van der Waals surface area contributed by atoms with Gasteiger partial charge in [0.05, 0.1) is 11.6 Å². The highest BCUT2D eigenvalue weighted by molar-refractivity contribution is 7.89. The molecule has 0 aliphatic carbocycles. The number of nitrogens with one attached hydrogen (secondary N) is 1. The Morgan fingerprint density at radius 1 is 1.47 bits per heavy atom. The van der Waals surface area contributed by atoms with Crippen LogP contribution in [-0.2, 0) is 14.8 Å². The molecule has 1 rings (SSSR count). The highest BCUT2D eigenvalue weighted by atomic mass is 35.5. The molecule has 0 saturated heterocycles. The minimum Gasteiger partial charge on any atom is -0.399 e. The van der Waals surface area contributed by atoms with Crippen LogP contribution in [0.5, 0.6) is 0 Å². The molecular weight excluding hydrogens is 288 g/mol. The van der Waals surface area contributed by atoms with Crippen molar-refractivity contribution >= 4 is 27.3 Å². The SMILES string of the molecule is CCCC(COC)NS(=O)(=O)c1ccc(N)cc1Cl. The Labute approximate surface area is 119 Å². The van der Waals surface area contributed by atoms with Gasteiger partial charge in [0.25, 0.3) is 0 Å². The predicted molar refractivity (Wildman–Crippen MR) is 76.8 cm³/mol. The molecule has 0 heterocycles. The second-order valence-corrected chi connectivity index (χ2v) is 6.34. The van der Waals surface area contributed by atoms with Crippen LogP contribution in [0.4, 0.5) is 5.69 Å². The number of hydrogen-bond acceptors (Lipinski definition) is 4. The lowest BCUT2D eigenvalue weighted by Crippen LogP contribution is -2.38. The lowest BCUT2D eigenvalue weighted by molar-refractivity contribution is 0.171. The van der Waals surface area contributed by atoms with Crippen molar-refractivity contribution in [2.75, 3.05) is 19.5 Å². The van der Waals surface area contributed by atoms with Crippen molar-refractivity contribution in [3.63, 3.8) is 0 Å². The fraction of sp³-hybridized carbons (Fsp3) is 0.500. The molecule has 0 aliphatic heterocycles. The van der Waals surface area contributed by atoms with E-state index in [4.69, 9.17) is 22.1 Å². The van der Waals surface area contributed by atoms with Gasteiger partial charge in [0.15, 0.2) is 0 Å². The van der Waals surface area contributed by atoms with Crippen LogP contribution in [0.1, 0.15) is 19.8 Å². The summed E-state index contributed by atoms with van der Waals surface area (Å²) < 4.78 is 32.1. The number of nitrogens with two attached hydrogens (primary N) is 1. The van der Waals surface area contributed by atoms with Gasteiger partial charge in [-0.15, -0.1) is 0 Å².